The molecule has 1 aromatic heterocycles. The number of nitrogens with one attached hydrogen (secondary N) is 2. The van der Waals surface area contributed by atoms with Crippen molar-refractivity contribution in [1.29, 1.82) is 0 Å². The molecule has 4 rings (SSSR count). The average molecular weight is 487 g/mol. The second kappa shape index (κ2) is 11.5. The molecule has 0 bridgehead atoms. The third kappa shape index (κ3) is 6.37. The minimum atomic E-state index is -0.406. The number of morpholine rings is 1. The van der Waals surface area contributed by atoms with E-state index in [1.54, 1.807) is 17.0 Å². The van der Waals surface area contributed by atoms with Gasteiger partial charge in [-0.3, -0.25) is 19.3 Å². The van der Waals surface area contributed by atoms with Gasteiger partial charge in [-0.1, -0.05) is 29.0 Å². The molecule has 0 spiro atoms. The summed E-state index contributed by atoms with van der Waals surface area (Å²) < 4.78 is 5.34. The van der Waals surface area contributed by atoms with E-state index >= 15 is 0 Å². The Morgan fingerprint density at radius 2 is 1.82 bits per heavy atom. The Morgan fingerprint density at radius 3 is 2.59 bits per heavy atom. The largest absolute Gasteiger partial charge is 0.379 e. The SMILES string of the molecule is Cc1ccc(NC(=O)c2nnc(C(=O)N3CCC[C@H](C(=O)NCCN4CCOCC4)C3)s2)cc1. The molecule has 2 saturated heterocycles. The Bertz CT molecular complexity index is 1010. The van der Waals surface area contributed by atoms with Gasteiger partial charge in [-0.05, 0) is 31.9 Å². The first kappa shape index (κ1) is 24.2. The summed E-state index contributed by atoms with van der Waals surface area (Å²) in [5.41, 5.74) is 1.74. The predicted molar refractivity (Wildman–Crippen MR) is 128 cm³/mol. The van der Waals surface area contributed by atoms with E-state index in [-0.39, 0.29) is 27.7 Å². The van der Waals surface area contributed by atoms with Crippen LogP contribution in [0.4, 0.5) is 5.69 Å². The Labute approximate surface area is 202 Å². The number of anilines is 1. The minimum absolute atomic E-state index is 0.0267. The van der Waals surface area contributed by atoms with Crippen molar-refractivity contribution in [1.82, 2.24) is 25.3 Å². The molecule has 0 unspecified atom stereocenters. The van der Waals surface area contributed by atoms with Crippen LogP contribution in [0.25, 0.3) is 0 Å². The Morgan fingerprint density at radius 1 is 1.09 bits per heavy atom. The topological polar surface area (TPSA) is 117 Å². The van der Waals surface area contributed by atoms with Crippen molar-refractivity contribution >= 4 is 34.7 Å². The van der Waals surface area contributed by atoms with Crippen molar-refractivity contribution in [3.05, 3.63) is 39.8 Å². The lowest BCUT2D eigenvalue weighted by Gasteiger charge is -2.32. The second-order valence-electron chi connectivity index (χ2n) is 8.57. The number of ether oxygens (including phenoxy) is 1. The van der Waals surface area contributed by atoms with Crippen LogP contribution in [-0.4, -0.2) is 90.2 Å². The van der Waals surface area contributed by atoms with Crippen molar-refractivity contribution in [2.75, 3.05) is 57.8 Å². The molecule has 1 aromatic carbocycles. The quantitative estimate of drug-likeness (QED) is 0.608. The smallest absolute Gasteiger partial charge is 0.286 e. The molecule has 0 radical (unpaired) electrons. The molecule has 2 aromatic rings. The monoisotopic (exact) mass is 486 g/mol. The van der Waals surface area contributed by atoms with E-state index in [1.807, 2.05) is 19.1 Å². The van der Waals surface area contributed by atoms with Gasteiger partial charge < -0.3 is 20.3 Å². The lowest BCUT2D eigenvalue weighted by atomic mass is 9.97. The van der Waals surface area contributed by atoms with Gasteiger partial charge in [0.25, 0.3) is 11.8 Å². The first-order valence-electron chi connectivity index (χ1n) is 11.6. The highest BCUT2D eigenvalue weighted by atomic mass is 32.1. The Kier molecular flexibility index (Phi) is 8.20. The summed E-state index contributed by atoms with van der Waals surface area (Å²) in [4.78, 5) is 42.0. The summed E-state index contributed by atoms with van der Waals surface area (Å²) >= 11 is 0.963. The molecule has 2 aliphatic rings. The van der Waals surface area contributed by atoms with Crippen LogP contribution in [0, 0.1) is 12.8 Å². The van der Waals surface area contributed by atoms with Crippen molar-refractivity contribution in [3.8, 4) is 0 Å². The molecule has 3 heterocycles. The molecular formula is C23H30N6O4S. The number of carbonyl (C=O) groups excluding carboxylic acids is 3. The molecule has 3 amide bonds. The van der Waals surface area contributed by atoms with Gasteiger partial charge in [0.15, 0.2) is 0 Å². The number of hydrogen-bond acceptors (Lipinski definition) is 8. The van der Waals surface area contributed by atoms with Gasteiger partial charge in [0.1, 0.15) is 0 Å². The summed E-state index contributed by atoms with van der Waals surface area (Å²) in [6, 6.07) is 7.41. The first-order valence-corrected chi connectivity index (χ1v) is 12.4. The summed E-state index contributed by atoms with van der Waals surface area (Å²) in [7, 11) is 0. The standard InChI is InChI=1S/C23H30N6O4S/c1-16-4-6-18(7-5-16)25-20(31)21-26-27-22(34-21)23(32)29-9-2-3-17(15-29)19(30)24-8-10-28-11-13-33-14-12-28/h4-7,17H,2-3,8-15H2,1H3,(H,24,30)(H,25,31)/t17-/m0/s1. The third-order valence-electron chi connectivity index (χ3n) is 6.02. The van der Waals surface area contributed by atoms with Crippen molar-refractivity contribution < 1.29 is 19.1 Å². The number of nitrogens with zero attached hydrogens (tertiary/aromatic N) is 4. The minimum Gasteiger partial charge on any atom is -0.379 e. The van der Waals surface area contributed by atoms with E-state index in [1.165, 1.54) is 0 Å². The van der Waals surface area contributed by atoms with E-state index < -0.39 is 5.91 Å². The van der Waals surface area contributed by atoms with Gasteiger partial charge in [0, 0.05) is 45.0 Å². The second-order valence-corrected chi connectivity index (χ2v) is 9.55. The van der Waals surface area contributed by atoms with Gasteiger partial charge in [-0.2, -0.15) is 0 Å². The number of amides is 3. The molecule has 10 nitrogen and oxygen atoms in total. The summed E-state index contributed by atoms with van der Waals surface area (Å²) in [5, 5.41) is 13.9. The van der Waals surface area contributed by atoms with E-state index in [4.69, 9.17) is 4.74 Å². The van der Waals surface area contributed by atoms with Gasteiger partial charge in [-0.15, -0.1) is 10.2 Å². The molecule has 11 heteroatoms. The predicted octanol–water partition coefficient (Wildman–Crippen LogP) is 1.40. The zero-order valence-corrected chi connectivity index (χ0v) is 20.1. The van der Waals surface area contributed by atoms with Gasteiger partial charge >= 0.3 is 0 Å². The van der Waals surface area contributed by atoms with E-state index in [9.17, 15) is 14.4 Å². The highest BCUT2D eigenvalue weighted by Gasteiger charge is 2.31. The molecule has 2 aliphatic heterocycles. The fraction of sp³-hybridized carbons (Fsp3) is 0.522. The highest BCUT2D eigenvalue weighted by molar-refractivity contribution is 7.15. The van der Waals surface area contributed by atoms with Crippen LogP contribution in [0.1, 0.15) is 38.0 Å². The molecular weight excluding hydrogens is 456 g/mol. The van der Waals surface area contributed by atoms with E-state index in [2.05, 4.69) is 25.7 Å². The first-order chi connectivity index (χ1) is 16.5. The van der Waals surface area contributed by atoms with Crippen LogP contribution < -0.4 is 10.6 Å². The third-order valence-corrected chi connectivity index (χ3v) is 6.93. The molecule has 34 heavy (non-hydrogen) atoms. The van der Waals surface area contributed by atoms with Gasteiger partial charge in [0.2, 0.25) is 15.9 Å². The lowest BCUT2D eigenvalue weighted by molar-refractivity contribution is -0.126. The average Bonchev–Trinajstić information content (AvgIpc) is 3.36. The van der Waals surface area contributed by atoms with Crippen LogP contribution >= 0.6 is 11.3 Å². The maximum Gasteiger partial charge on any atom is 0.286 e. The fourth-order valence-corrected chi connectivity index (χ4v) is 4.75. The van der Waals surface area contributed by atoms with Crippen LogP contribution in [0.5, 0.6) is 0 Å². The van der Waals surface area contributed by atoms with E-state index in [0.717, 1.165) is 62.6 Å². The van der Waals surface area contributed by atoms with Gasteiger partial charge in [0.05, 0.1) is 19.1 Å². The maximum absolute atomic E-state index is 13.0. The molecule has 1 atom stereocenters. The number of likely N-dealkylation sites (tertiary alicyclic amines) is 1. The Hall–Kier alpha value is -2.89. The van der Waals surface area contributed by atoms with Crippen molar-refractivity contribution in [3.63, 3.8) is 0 Å². The molecule has 2 fully saturated rings. The molecule has 182 valence electrons. The lowest BCUT2D eigenvalue weighted by Crippen LogP contribution is -2.47. The summed E-state index contributed by atoms with van der Waals surface area (Å²) in [5.74, 6) is -0.977. The number of hydrogen-bond donors (Lipinski definition) is 2. The number of aromatic nitrogens is 2. The molecule has 0 aliphatic carbocycles. The van der Waals surface area contributed by atoms with Crippen LogP contribution in [0.2, 0.25) is 0 Å². The normalized spacial score (nSPS) is 19.0. The number of carbonyl (C=O) groups is 3. The van der Waals surface area contributed by atoms with Crippen molar-refractivity contribution in [2.24, 2.45) is 5.92 Å². The van der Waals surface area contributed by atoms with Crippen LogP contribution in [-0.2, 0) is 9.53 Å². The molecule has 0 saturated carbocycles. The van der Waals surface area contributed by atoms with Crippen LogP contribution in [0.15, 0.2) is 24.3 Å². The van der Waals surface area contributed by atoms with Gasteiger partial charge in [-0.25, -0.2) is 0 Å². The molecule has 2 N–H and O–H groups in total. The maximum atomic E-state index is 13.0. The number of benzene rings is 1. The number of aryl methyl sites for hydroxylation is 1. The van der Waals surface area contributed by atoms with Crippen LogP contribution in [0.3, 0.4) is 0 Å². The number of piperidine rings is 1. The zero-order valence-electron chi connectivity index (χ0n) is 19.3. The van der Waals surface area contributed by atoms with Crippen molar-refractivity contribution in [2.45, 2.75) is 19.8 Å². The highest BCUT2D eigenvalue weighted by Crippen LogP contribution is 2.21. The fourth-order valence-electron chi connectivity index (χ4n) is 4.04. The number of rotatable bonds is 7. The summed E-state index contributed by atoms with van der Waals surface area (Å²) in [6.07, 6.45) is 1.49. The zero-order chi connectivity index (χ0) is 23.9. The van der Waals surface area contributed by atoms with E-state index in [0.29, 0.717) is 25.3 Å². The Balaban J connectivity index is 1.27. The summed E-state index contributed by atoms with van der Waals surface area (Å²) in [6.45, 7) is 7.47.